The number of carbonyl (C=O) groups excluding carboxylic acids is 1. The molecule has 3 rings (SSSR count). The van der Waals surface area contributed by atoms with E-state index in [1.807, 2.05) is 36.4 Å². The Morgan fingerprint density at radius 2 is 1.79 bits per heavy atom. The molecule has 1 saturated heterocycles. The highest BCUT2D eigenvalue weighted by atomic mass is 79.9. The lowest BCUT2D eigenvalue weighted by atomic mass is 10.00. The molecule has 2 aromatic carbocycles. The first-order chi connectivity index (χ1) is 14.1. The van der Waals surface area contributed by atoms with Gasteiger partial charge in [-0.15, -0.1) is 0 Å². The molecule has 1 fully saturated rings. The van der Waals surface area contributed by atoms with Crippen LogP contribution in [0.1, 0.15) is 41.2 Å². The number of nitrogens with zero attached hydrogens (tertiary/aromatic N) is 1. The van der Waals surface area contributed by atoms with Crippen LogP contribution < -0.4 is 14.8 Å². The van der Waals surface area contributed by atoms with E-state index in [0.717, 1.165) is 34.6 Å². The van der Waals surface area contributed by atoms with Crippen molar-refractivity contribution in [1.29, 1.82) is 0 Å². The average Bonchev–Trinajstić information content (AvgIpc) is 2.77. The molecule has 1 N–H and O–H groups in total. The summed E-state index contributed by atoms with van der Waals surface area (Å²) in [6.45, 7) is 3.07. The first kappa shape index (κ1) is 21.8. The number of rotatable bonds is 9. The number of likely N-dealkylation sites (tertiary alicyclic amines) is 1. The van der Waals surface area contributed by atoms with Gasteiger partial charge >= 0.3 is 0 Å². The van der Waals surface area contributed by atoms with Crippen LogP contribution in [0.5, 0.6) is 11.5 Å². The van der Waals surface area contributed by atoms with E-state index in [4.69, 9.17) is 9.47 Å². The Bertz CT molecular complexity index is 804. The van der Waals surface area contributed by atoms with Crippen LogP contribution in [0.3, 0.4) is 0 Å². The molecule has 6 heteroatoms. The minimum Gasteiger partial charge on any atom is -0.497 e. The van der Waals surface area contributed by atoms with Gasteiger partial charge in [0.05, 0.1) is 26.8 Å². The molecule has 0 spiro atoms. The van der Waals surface area contributed by atoms with Gasteiger partial charge < -0.3 is 14.8 Å². The van der Waals surface area contributed by atoms with E-state index < -0.39 is 0 Å². The number of benzene rings is 2. The third kappa shape index (κ3) is 5.81. The fraction of sp³-hybridized carbons (Fsp3) is 0.435. The van der Waals surface area contributed by atoms with Gasteiger partial charge in [0.1, 0.15) is 11.5 Å². The number of carbonyl (C=O) groups is 1. The lowest BCUT2D eigenvalue weighted by Gasteiger charge is -2.35. The summed E-state index contributed by atoms with van der Waals surface area (Å²) in [4.78, 5) is 15.0. The number of piperidine rings is 1. The van der Waals surface area contributed by atoms with Crippen molar-refractivity contribution in [2.24, 2.45) is 0 Å². The number of methoxy groups -OCH3 is 2. The Kier molecular flexibility index (Phi) is 8.09. The highest BCUT2D eigenvalue weighted by Crippen LogP contribution is 2.34. The zero-order valence-corrected chi connectivity index (χ0v) is 18.7. The van der Waals surface area contributed by atoms with Crippen molar-refractivity contribution in [2.75, 3.05) is 40.4 Å². The van der Waals surface area contributed by atoms with Crippen LogP contribution in [0.25, 0.3) is 0 Å². The summed E-state index contributed by atoms with van der Waals surface area (Å²) in [5.74, 6) is 1.75. The fourth-order valence-corrected chi connectivity index (χ4v) is 4.09. The summed E-state index contributed by atoms with van der Waals surface area (Å²) in [5.41, 5.74) is 1.81. The molecule has 5 nitrogen and oxygen atoms in total. The quantitative estimate of drug-likeness (QED) is 0.559. The summed E-state index contributed by atoms with van der Waals surface area (Å²) in [7, 11) is 3.37. The molecular formula is C23H29BrN2O3. The van der Waals surface area contributed by atoms with Gasteiger partial charge in [-0.25, -0.2) is 0 Å². The van der Waals surface area contributed by atoms with Gasteiger partial charge in [0, 0.05) is 22.1 Å². The first-order valence-corrected chi connectivity index (χ1v) is 10.9. The van der Waals surface area contributed by atoms with E-state index in [2.05, 4.69) is 32.2 Å². The van der Waals surface area contributed by atoms with Gasteiger partial charge in [-0.2, -0.15) is 0 Å². The largest absolute Gasteiger partial charge is 0.497 e. The maximum absolute atomic E-state index is 12.5. The van der Waals surface area contributed by atoms with Crippen LogP contribution in [0.15, 0.2) is 46.9 Å². The molecule has 1 aliphatic rings. The standard InChI is InChI=1S/C23H29BrN2O3/c1-28-19-10-11-23(29-2)20(14-19)21(26-12-4-3-5-13-26)15-25-16-22(27)17-6-8-18(24)9-7-17/h6-11,14,21,25H,3-5,12-13,15-16H2,1-2H3. The number of halogens is 1. The van der Waals surface area contributed by atoms with E-state index in [1.54, 1.807) is 14.2 Å². The summed E-state index contributed by atoms with van der Waals surface area (Å²) in [5, 5.41) is 3.38. The van der Waals surface area contributed by atoms with Gasteiger partial charge in [0.15, 0.2) is 5.78 Å². The Morgan fingerprint density at radius 1 is 1.07 bits per heavy atom. The molecular weight excluding hydrogens is 432 g/mol. The zero-order valence-electron chi connectivity index (χ0n) is 17.1. The first-order valence-electron chi connectivity index (χ1n) is 10.1. The van der Waals surface area contributed by atoms with Crippen molar-refractivity contribution in [1.82, 2.24) is 10.2 Å². The molecule has 1 unspecified atom stereocenters. The topological polar surface area (TPSA) is 50.8 Å². The molecule has 2 aromatic rings. The Balaban J connectivity index is 1.74. The van der Waals surface area contributed by atoms with Crippen LogP contribution >= 0.6 is 15.9 Å². The second kappa shape index (κ2) is 10.8. The highest BCUT2D eigenvalue weighted by Gasteiger charge is 2.25. The van der Waals surface area contributed by atoms with Gasteiger partial charge in [0.25, 0.3) is 0 Å². The number of ether oxygens (including phenoxy) is 2. The Hall–Kier alpha value is -1.89. The molecule has 0 aromatic heterocycles. The van der Waals surface area contributed by atoms with Crippen molar-refractivity contribution < 1.29 is 14.3 Å². The molecule has 0 saturated carbocycles. The predicted octanol–water partition coefficient (Wildman–Crippen LogP) is 4.47. The van der Waals surface area contributed by atoms with Gasteiger partial charge in [-0.1, -0.05) is 34.5 Å². The molecule has 0 amide bonds. The second-order valence-corrected chi connectivity index (χ2v) is 8.20. The fourth-order valence-electron chi connectivity index (χ4n) is 3.83. The van der Waals surface area contributed by atoms with Crippen molar-refractivity contribution in [3.63, 3.8) is 0 Å². The molecule has 1 atom stereocenters. The molecule has 0 radical (unpaired) electrons. The van der Waals surface area contributed by atoms with Gasteiger partial charge in [-0.05, 0) is 56.3 Å². The van der Waals surface area contributed by atoms with E-state index in [-0.39, 0.29) is 11.8 Å². The van der Waals surface area contributed by atoms with E-state index in [0.29, 0.717) is 18.7 Å². The molecule has 0 aliphatic carbocycles. The number of hydrogen-bond donors (Lipinski definition) is 1. The SMILES string of the molecule is COc1ccc(OC)c(C(CNCC(=O)c2ccc(Br)cc2)N2CCCCC2)c1. The van der Waals surface area contributed by atoms with Crippen molar-refractivity contribution in [3.05, 3.63) is 58.1 Å². The number of ketones is 1. The lowest BCUT2D eigenvalue weighted by Crippen LogP contribution is -2.40. The number of nitrogens with one attached hydrogen (secondary N) is 1. The third-order valence-electron chi connectivity index (χ3n) is 5.42. The van der Waals surface area contributed by atoms with Crippen LogP contribution in [0.4, 0.5) is 0 Å². The third-order valence-corrected chi connectivity index (χ3v) is 5.95. The normalized spacial score (nSPS) is 15.7. The summed E-state index contributed by atoms with van der Waals surface area (Å²) < 4.78 is 12.1. The highest BCUT2D eigenvalue weighted by molar-refractivity contribution is 9.10. The Morgan fingerprint density at radius 3 is 2.45 bits per heavy atom. The van der Waals surface area contributed by atoms with E-state index in [9.17, 15) is 4.79 Å². The molecule has 29 heavy (non-hydrogen) atoms. The smallest absolute Gasteiger partial charge is 0.176 e. The maximum Gasteiger partial charge on any atom is 0.176 e. The van der Waals surface area contributed by atoms with Crippen molar-refractivity contribution >= 4 is 21.7 Å². The average molecular weight is 461 g/mol. The van der Waals surface area contributed by atoms with Crippen molar-refractivity contribution in [3.8, 4) is 11.5 Å². The predicted molar refractivity (Wildman–Crippen MR) is 119 cm³/mol. The number of hydrogen-bond acceptors (Lipinski definition) is 5. The van der Waals surface area contributed by atoms with Crippen LogP contribution in [0.2, 0.25) is 0 Å². The van der Waals surface area contributed by atoms with Crippen molar-refractivity contribution in [2.45, 2.75) is 25.3 Å². The van der Waals surface area contributed by atoms with Crippen LogP contribution in [0, 0.1) is 0 Å². The lowest BCUT2D eigenvalue weighted by molar-refractivity contribution is 0.0983. The molecule has 0 bridgehead atoms. The zero-order chi connectivity index (χ0) is 20.6. The van der Waals surface area contributed by atoms with E-state index in [1.165, 1.54) is 19.3 Å². The van der Waals surface area contributed by atoms with Gasteiger partial charge in [-0.3, -0.25) is 9.69 Å². The number of Topliss-reactive ketones (excluding diaryl/α,β-unsaturated/α-hetero) is 1. The van der Waals surface area contributed by atoms with Crippen LogP contribution in [-0.2, 0) is 0 Å². The monoisotopic (exact) mass is 460 g/mol. The molecule has 156 valence electrons. The molecule has 1 heterocycles. The molecule has 1 aliphatic heterocycles. The minimum absolute atomic E-state index is 0.0903. The maximum atomic E-state index is 12.5. The minimum atomic E-state index is 0.0903. The van der Waals surface area contributed by atoms with Gasteiger partial charge in [0.2, 0.25) is 0 Å². The second-order valence-electron chi connectivity index (χ2n) is 7.28. The Labute approximate surface area is 181 Å². The van der Waals surface area contributed by atoms with Crippen LogP contribution in [-0.4, -0.2) is 51.1 Å². The summed E-state index contributed by atoms with van der Waals surface area (Å²) in [6.07, 6.45) is 3.66. The van der Waals surface area contributed by atoms with E-state index >= 15 is 0 Å². The summed E-state index contributed by atoms with van der Waals surface area (Å²) >= 11 is 3.41. The summed E-state index contributed by atoms with van der Waals surface area (Å²) in [6, 6.07) is 13.5.